The van der Waals surface area contributed by atoms with E-state index in [2.05, 4.69) is 43.5 Å². The summed E-state index contributed by atoms with van der Waals surface area (Å²) in [5.74, 6) is -0.170. The van der Waals surface area contributed by atoms with E-state index in [0.29, 0.717) is 17.4 Å². The second-order valence-corrected chi connectivity index (χ2v) is 26.4. The quantitative estimate of drug-likeness (QED) is 0.0243. The van der Waals surface area contributed by atoms with Gasteiger partial charge in [-0.15, -0.1) is 0 Å². The Morgan fingerprint density at radius 2 is 0.731 bits per heavy atom. The van der Waals surface area contributed by atoms with Gasteiger partial charge in [0.15, 0.2) is 0 Å². The van der Waals surface area contributed by atoms with E-state index in [1.165, 1.54) is 283 Å². The summed E-state index contributed by atoms with van der Waals surface area (Å²) in [5.41, 5.74) is 0. The number of hydrogen-bond donors (Lipinski definition) is 3. The van der Waals surface area contributed by atoms with Gasteiger partial charge in [-0.3, -0.25) is 13.8 Å². The molecule has 0 rings (SSSR count). The highest BCUT2D eigenvalue weighted by Gasteiger charge is 2.28. The highest BCUT2D eigenvalue weighted by Crippen LogP contribution is 2.43. The van der Waals surface area contributed by atoms with Crippen LogP contribution in [-0.2, 0) is 18.4 Å². The number of likely N-dealkylation sites (N-methyl/N-ethyl adjacent to an activating group) is 1. The zero-order valence-electron chi connectivity index (χ0n) is 52.9. The summed E-state index contributed by atoms with van der Waals surface area (Å²) >= 11 is 0. The molecule has 3 atom stereocenters. The van der Waals surface area contributed by atoms with Crippen molar-refractivity contribution in [3.05, 3.63) is 36.5 Å². The lowest BCUT2D eigenvalue weighted by atomic mass is 10.0. The van der Waals surface area contributed by atoms with Gasteiger partial charge in [0.1, 0.15) is 13.2 Å². The third-order valence-electron chi connectivity index (χ3n) is 15.9. The Balaban J connectivity index is 3.84. The first-order valence-corrected chi connectivity index (χ1v) is 35.9. The van der Waals surface area contributed by atoms with Gasteiger partial charge in [-0.05, 0) is 51.4 Å². The Morgan fingerprint density at radius 3 is 1.05 bits per heavy atom. The number of phosphoric ester groups is 1. The number of unbranched alkanes of at least 4 members (excludes halogenated alkanes) is 47. The lowest BCUT2D eigenvalue weighted by Gasteiger charge is -2.25. The van der Waals surface area contributed by atoms with Crippen molar-refractivity contribution >= 4 is 13.7 Å². The predicted molar refractivity (Wildman–Crippen MR) is 341 cm³/mol. The van der Waals surface area contributed by atoms with E-state index in [1.54, 1.807) is 6.08 Å². The average molecular weight is 1120 g/mol. The Bertz CT molecular complexity index is 1360. The molecule has 78 heavy (non-hydrogen) atoms. The van der Waals surface area contributed by atoms with Crippen molar-refractivity contribution in [2.45, 2.75) is 360 Å². The fraction of sp³-hybridized carbons (Fsp3) is 0.899. The van der Waals surface area contributed by atoms with E-state index in [9.17, 15) is 19.4 Å². The van der Waals surface area contributed by atoms with Crippen LogP contribution in [0.15, 0.2) is 36.5 Å². The summed E-state index contributed by atoms with van der Waals surface area (Å²) in [7, 11) is 1.59. The van der Waals surface area contributed by atoms with E-state index >= 15 is 0 Å². The molecule has 0 aliphatic heterocycles. The number of aliphatic hydroxyl groups is 1. The highest BCUT2D eigenvalue weighted by molar-refractivity contribution is 7.47. The second kappa shape index (κ2) is 60.3. The predicted octanol–water partition coefficient (Wildman–Crippen LogP) is 21.7. The largest absolute Gasteiger partial charge is 0.472 e. The van der Waals surface area contributed by atoms with Crippen molar-refractivity contribution in [1.82, 2.24) is 5.32 Å². The molecule has 462 valence electrons. The van der Waals surface area contributed by atoms with Gasteiger partial charge in [-0.1, -0.05) is 326 Å². The molecule has 1 amide bonds. The van der Waals surface area contributed by atoms with Crippen molar-refractivity contribution in [2.75, 3.05) is 40.9 Å². The number of nitrogens with zero attached hydrogens (tertiary/aromatic N) is 1. The maximum Gasteiger partial charge on any atom is 0.472 e. The lowest BCUT2D eigenvalue weighted by Crippen LogP contribution is -2.45. The van der Waals surface area contributed by atoms with E-state index in [1.807, 2.05) is 27.2 Å². The fourth-order valence-corrected chi connectivity index (χ4v) is 11.2. The number of amides is 1. The molecule has 0 saturated heterocycles. The molecule has 0 aliphatic rings. The normalized spacial score (nSPS) is 13.9. The summed E-state index contributed by atoms with van der Waals surface area (Å²) < 4.78 is 23.7. The number of carbonyl (C=O) groups excluding carboxylic acids is 1. The van der Waals surface area contributed by atoms with Gasteiger partial charge in [-0.25, -0.2) is 4.57 Å². The number of aliphatic hydroxyl groups excluding tert-OH is 1. The minimum atomic E-state index is -4.34. The number of carbonyl (C=O) groups is 1. The van der Waals surface area contributed by atoms with Crippen LogP contribution in [0.1, 0.15) is 348 Å². The third-order valence-corrected chi connectivity index (χ3v) is 16.8. The molecule has 0 aromatic rings. The number of hydrogen-bond acceptors (Lipinski definition) is 5. The monoisotopic (exact) mass is 1120 g/mol. The molecule has 0 heterocycles. The first kappa shape index (κ1) is 76.7. The second-order valence-electron chi connectivity index (χ2n) is 24.9. The summed E-state index contributed by atoms with van der Waals surface area (Å²) in [5, 5.41) is 13.9. The maximum absolute atomic E-state index is 13.0. The fourth-order valence-electron chi connectivity index (χ4n) is 10.5. The molecule has 0 aromatic carbocycles. The molecule has 0 bridgehead atoms. The minimum Gasteiger partial charge on any atom is -0.387 e. The molecule has 0 aromatic heterocycles. The van der Waals surface area contributed by atoms with Crippen LogP contribution in [0.5, 0.6) is 0 Å². The van der Waals surface area contributed by atoms with Crippen LogP contribution in [0.2, 0.25) is 0 Å². The van der Waals surface area contributed by atoms with Crippen LogP contribution < -0.4 is 5.32 Å². The third kappa shape index (κ3) is 62.3. The molecule has 0 radical (unpaired) electrons. The van der Waals surface area contributed by atoms with Crippen molar-refractivity contribution < 1.29 is 32.9 Å². The Labute approximate surface area is 487 Å². The number of allylic oxidation sites excluding steroid dienone is 5. The molecular formula is C69H136N2O6P+. The van der Waals surface area contributed by atoms with E-state index in [-0.39, 0.29) is 19.1 Å². The standard InChI is InChI=1S/C69H135N2O6P/c1-6-8-10-12-14-16-18-20-22-23-24-25-26-27-28-29-30-31-32-33-34-35-36-37-38-39-40-41-42-43-44-45-46-47-49-51-53-55-57-59-61-63-69(73)70-67(66-77-78(74,75)76-65-64-71(3,4)5)68(72)62-60-58-56-54-52-50-48-21-19-17-15-13-11-9-7-2/h18,20,23-24,60,62,67-68,72H,6-17,19,21-22,25-59,61,63-66H2,1-5H3,(H-,70,73,74,75)/p+1/b20-18-,24-23-,62-60+. The molecule has 3 unspecified atom stereocenters. The molecule has 8 nitrogen and oxygen atoms in total. The zero-order chi connectivity index (χ0) is 57.0. The Hall–Kier alpha value is -1.28. The molecule has 3 N–H and O–H groups in total. The van der Waals surface area contributed by atoms with Gasteiger partial charge < -0.3 is 19.8 Å². The van der Waals surface area contributed by atoms with Crippen LogP contribution in [0.3, 0.4) is 0 Å². The van der Waals surface area contributed by atoms with E-state index in [0.717, 1.165) is 44.9 Å². The summed E-state index contributed by atoms with van der Waals surface area (Å²) in [4.78, 5) is 23.3. The Kier molecular flexibility index (Phi) is 59.3. The first-order chi connectivity index (χ1) is 38.0. The maximum atomic E-state index is 13.0. The van der Waals surface area contributed by atoms with Crippen molar-refractivity contribution in [3.8, 4) is 0 Å². The van der Waals surface area contributed by atoms with Gasteiger partial charge >= 0.3 is 7.82 Å². The SMILES string of the molecule is CCCCCCC/C=C\C/C=C\CCCCCCCCCCCCCCCCCCCCCCCCCCCCCCCC(=O)NC(COP(=O)(O)OCC[N+](C)(C)C)C(O)/C=C/CCCCCCCCCCCCCCC. The molecule has 0 saturated carbocycles. The highest BCUT2D eigenvalue weighted by atomic mass is 31.2. The van der Waals surface area contributed by atoms with Gasteiger partial charge in [-0.2, -0.15) is 0 Å². The van der Waals surface area contributed by atoms with Crippen LogP contribution in [0.4, 0.5) is 0 Å². The van der Waals surface area contributed by atoms with Crippen molar-refractivity contribution in [2.24, 2.45) is 0 Å². The van der Waals surface area contributed by atoms with E-state index in [4.69, 9.17) is 9.05 Å². The zero-order valence-corrected chi connectivity index (χ0v) is 53.8. The lowest BCUT2D eigenvalue weighted by molar-refractivity contribution is -0.870. The molecule has 0 fully saturated rings. The average Bonchev–Trinajstić information content (AvgIpc) is 3.41. The topological polar surface area (TPSA) is 105 Å². The summed E-state index contributed by atoms with van der Waals surface area (Å²) in [6.07, 6.45) is 80.2. The summed E-state index contributed by atoms with van der Waals surface area (Å²) in [6.45, 7) is 4.84. The molecule has 0 aliphatic carbocycles. The van der Waals surface area contributed by atoms with Crippen molar-refractivity contribution in [3.63, 3.8) is 0 Å². The van der Waals surface area contributed by atoms with Crippen LogP contribution >= 0.6 is 7.82 Å². The minimum absolute atomic E-state index is 0.0640. The Morgan fingerprint density at radius 1 is 0.436 bits per heavy atom. The summed E-state index contributed by atoms with van der Waals surface area (Å²) in [6, 6.07) is -0.844. The van der Waals surface area contributed by atoms with Crippen LogP contribution in [-0.4, -0.2) is 73.4 Å². The molecule has 9 heteroatoms. The molecule has 0 spiro atoms. The first-order valence-electron chi connectivity index (χ1n) is 34.4. The van der Waals surface area contributed by atoms with Crippen LogP contribution in [0, 0.1) is 0 Å². The van der Waals surface area contributed by atoms with E-state index < -0.39 is 20.0 Å². The number of quaternary nitrogens is 1. The van der Waals surface area contributed by atoms with Gasteiger partial charge in [0.05, 0.1) is 39.9 Å². The number of nitrogens with one attached hydrogen (secondary N) is 1. The van der Waals surface area contributed by atoms with Crippen LogP contribution in [0.25, 0.3) is 0 Å². The van der Waals surface area contributed by atoms with Gasteiger partial charge in [0.2, 0.25) is 5.91 Å². The van der Waals surface area contributed by atoms with Gasteiger partial charge in [0.25, 0.3) is 0 Å². The number of rotatable bonds is 64. The molecular weight excluding hydrogens is 984 g/mol. The number of phosphoric acid groups is 1. The smallest absolute Gasteiger partial charge is 0.387 e. The van der Waals surface area contributed by atoms with Crippen molar-refractivity contribution in [1.29, 1.82) is 0 Å². The van der Waals surface area contributed by atoms with Gasteiger partial charge in [0, 0.05) is 6.42 Å².